The van der Waals surface area contributed by atoms with Crippen LogP contribution in [0.5, 0.6) is 0 Å². The molecule has 31 heavy (non-hydrogen) atoms. The summed E-state index contributed by atoms with van der Waals surface area (Å²) in [6.45, 7) is 1.33. The molecule has 3 rings (SSSR count). The molecule has 11 heteroatoms. The highest BCUT2D eigenvalue weighted by atomic mass is 32.2. The van der Waals surface area contributed by atoms with Crippen molar-refractivity contribution in [2.75, 3.05) is 25.0 Å². The second-order valence-electron chi connectivity index (χ2n) is 7.55. The molecular formula is C20H24F3N3O4S. The predicted molar refractivity (Wildman–Crippen MR) is 108 cm³/mol. The van der Waals surface area contributed by atoms with Gasteiger partial charge in [0.2, 0.25) is 15.9 Å². The molecule has 2 aliphatic rings. The van der Waals surface area contributed by atoms with Crippen LogP contribution >= 0.6 is 0 Å². The number of halogens is 3. The number of allylic oxidation sites excluding steroid dienone is 1. The Morgan fingerprint density at radius 1 is 1.00 bits per heavy atom. The largest absolute Gasteiger partial charge is 0.454 e. The Balaban J connectivity index is 1.63. The van der Waals surface area contributed by atoms with E-state index in [9.17, 15) is 31.2 Å². The lowest BCUT2D eigenvalue weighted by molar-refractivity contribution is -0.165. The van der Waals surface area contributed by atoms with Gasteiger partial charge in [-0.15, -0.1) is 0 Å². The quantitative estimate of drug-likeness (QED) is 0.661. The van der Waals surface area contributed by atoms with Gasteiger partial charge in [0, 0.05) is 37.6 Å². The SMILES string of the molecule is O=C(Nc1ccc(S(=O)(=O)N2CCCCC2)cc1)C1CCCN1C=CC(=O)C(F)(F)F. The standard InChI is InChI=1S/C20H24F3N3O4S/c21-20(22,23)18(27)10-14-25-11-4-5-17(25)19(28)24-15-6-8-16(9-7-15)31(29,30)26-12-2-1-3-13-26/h6-10,14,17H,1-5,11-13H2,(H,24,28). The van der Waals surface area contributed by atoms with Crippen LogP contribution in [0.25, 0.3) is 0 Å². The van der Waals surface area contributed by atoms with Crippen LogP contribution in [-0.4, -0.2) is 61.2 Å². The summed E-state index contributed by atoms with van der Waals surface area (Å²) in [5.74, 6) is -2.42. The monoisotopic (exact) mass is 459 g/mol. The topological polar surface area (TPSA) is 86.8 Å². The van der Waals surface area contributed by atoms with Gasteiger partial charge in [-0.3, -0.25) is 9.59 Å². The minimum atomic E-state index is -4.95. The Hall–Kier alpha value is -2.40. The zero-order valence-corrected chi connectivity index (χ0v) is 17.6. The van der Waals surface area contributed by atoms with E-state index in [0.717, 1.165) is 25.5 Å². The number of amides is 1. The summed E-state index contributed by atoms with van der Waals surface area (Å²) in [6.07, 6.45) is 0.155. The summed E-state index contributed by atoms with van der Waals surface area (Å²) >= 11 is 0. The summed E-state index contributed by atoms with van der Waals surface area (Å²) < 4.78 is 63.9. The first-order chi connectivity index (χ1) is 14.6. The van der Waals surface area contributed by atoms with E-state index in [1.54, 1.807) is 0 Å². The van der Waals surface area contributed by atoms with E-state index in [2.05, 4.69) is 5.32 Å². The fourth-order valence-electron chi connectivity index (χ4n) is 3.70. The van der Waals surface area contributed by atoms with Crippen molar-refractivity contribution in [1.82, 2.24) is 9.21 Å². The summed E-state index contributed by atoms with van der Waals surface area (Å²) in [7, 11) is -3.58. The first kappa shape index (κ1) is 23.3. The molecule has 1 unspecified atom stereocenters. The summed E-state index contributed by atoms with van der Waals surface area (Å²) in [5, 5.41) is 2.66. The fraction of sp³-hybridized carbons (Fsp3) is 0.500. The number of piperidine rings is 1. The van der Waals surface area contributed by atoms with Crippen molar-refractivity contribution in [1.29, 1.82) is 0 Å². The number of benzene rings is 1. The van der Waals surface area contributed by atoms with Gasteiger partial charge in [0.1, 0.15) is 6.04 Å². The molecule has 0 aromatic heterocycles. The molecule has 2 aliphatic heterocycles. The number of nitrogens with one attached hydrogen (secondary N) is 1. The molecular weight excluding hydrogens is 435 g/mol. The highest BCUT2D eigenvalue weighted by Crippen LogP contribution is 2.24. The molecule has 1 atom stereocenters. The first-order valence-electron chi connectivity index (χ1n) is 10.1. The molecule has 7 nitrogen and oxygen atoms in total. The van der Waals surface area contributed by atoms with Crippen LogP contribution in [0.15, 0.2) is 41.4 Å². The van der Waals surface area contributed by atoms with Gasteiger partial charge in [-0.2, -0.15) is 17.5 Å². The zero-order chi connectivity index (χ0) is 22.6. The number of carbonyl (C=O) groups excluding carboxylic acids is 2. The average Bonchev–Trinajstić information content (AvgIpc) is 3.21. The third-order valence-corrected chi connectivity index (χ3v) is 7.28. The van der Waals surface area contributed by atoms with E-state index >= 15 is 0 Å². The Morgan fingerprint density at radius 2 is 1.65 bits per heavy atom. The number of sulfonamides is 1. The molecule has 2 saturated heterocycles. The van der Waals surface area contributed by atoms with Gasteiger partial charge in [0.05, 0.1) is 4.90 Å². The molecule has 1 aromatic carbocycles. The van der Waals surface area contributed by atoms with E-state index in [0.29, 0.717) is 44.2 Å². The molecule has 0 aliphatic carbocycles. The molecule has 0 bridgehead atoms. The molecule has 0 radical (unpaired) electrons. The Kier molecular flexibility index (Phi) is 7.05. The molecule has 170 valence electrons. The molecule has 2 fully saturated rings. The molecule has 0 spiro atoms. The van der Waals surface area contributed by atoms with Crippen molar-refractivity contribution in [3.05, 3.63) is 36.5 Å². The lowest BCUT2D eigenvalue weighted by Crippen LogP contribution is -2.37. The second-order valence-corrected chi connectivity index (χ2v) is 9.49. The van der Waals surface area contributed by atoms with Gasteiger partial charge in [0.25, 0.3) is 5.78 Å². The highest BCUT2D eigenvalue weighted by Gasteiger charge is 2.37. The second kappa shape index (κ2) is 9.39. The van der Waals surface area contributed by atoms with Gasteiger partial charge in [-0.1, -0.05) is 6.42 Å². The number of rotatable bonds is 6. The molecule has 0 saturated carbocycles. The maximum Gasteiger partial charge on any atom is 0.454 e. The Morgan fingerprint density at radius 3 is 2.26 bits per heavy atom. The number of ketones is 1. The lowest BCUT2D eigenvalue weighted by Gasteiger charge is -2.26. The van der Waals surface area contributed by atoms with Gasteiger partial charge in [0.15, 0.2) is 0 Å². The number of hydrogen-bond acceptors (Lipinski definition) is 5. The van der Waals surface area contributed by atoms with Crippen molar-refractivity contribution >= 4 is 27.4 Å². The van der Waals surface area contributed by atoms with Crippen molar-refractivity contribution in [2.24, 2.45) is 0 Å². The van der Waals surface area contributed by atoms with Crippen LogP contribution < -0.4 is 5.32 Å². The third kappa shape index (κ3) is 5.65. The van der Waals surface area contributed by atoms with E-state index in [1.807, 2.05) is 0 Å². The maximum atomic E-state index is 12.7. The lowest BCUT2D eigenvalue weighted by atomic mass is 10.2. The van der Waals surface area contributed by atoms with Gasteiger partial charge >= 0.3 is 6.18 Å². The summed E-state index contributed by atoms with van der Waals surface area (Å²) in [6, 6.07) is 5.10. The number of likely N-dealkylation sites (tertiary alicyclic amines) is 1. The predicted octanol–water partition coefficient (Wildman–Crippen LogP) is 2.91. The number of anilines is 1. The van der Waals surface area contributed by atoms with E-state index < -0.39 is 33.9 Å². The Bertz CT molecular complexity index is 939. The van der Waals surface area contributed by atoms with Crippen molar-refractivity contribution in [3.63, 3.8) is 0 Å². The summed E-state index contributed by atoms with van der Waals surface area (Å²) in [5.41, 5.74) is 0.379. The molecule has 1 aromatic rings. The minimum Gasteiger partial charge on any atom is -0.365 e. The fourth-order valence-corrected chi connectivity index (χ4v) is 5.21. The highest BCUT2D eigenvalue weighted by molar-refractivity contribution is 7.89. The number of alkyl halides is 3. The zero-order valence-electron chi connectivity index (χ0n) is 16.8. The van der Waals surface area contributed by atoms with Gasteiger partial charge in [-0.25, -0.2) is 8.42 Å². The van der Waals surface area contributed by atoms with Crippen LogP contribution in [0.1, 0.15) is 32.1 Å². The molecule has 2 heterocycles. The van der Waals surface area contributed by atoms with Crippen LogP contribution in [0, 0.1) is 0 Å². The van der Waals surface area contributed by atoms with Crippen molar-refractivity contribution in [2.45, 2.75) is 49.2 Å². The van der Waals surface area contributed by atoms with Gasteiger partial charge in [-0.05, 0) is 49.9 Å². The Labute approximate surface area is 178 Å². The number of hydrogen-bond donors (Lipinski definition) is 1. The minimum absolute atomic E-state index is 0.142. The first-order valence-corrected chi connectivity index (χ1v) is 11.5. The van der Waals surface area contributed by atoms with Crippen LogP contribution in [0.3, 0.4) is 0 Å². The average molecular weight is 459 g/mol. The summed E-state index contributed by atoms with van der Waals surface area (Å²) in [4.78, 5) is 25.1. The van der Waals surface area contributed by atoms with E-state index in [1.165, 1.54) is 33.5 Å². The van der Waals surface area contributed by atoms with E-state index in [4.69, 9.17) is 0 Å². The molecule has 1 amide bonds. The van der Waals surface area contributed by atoms with Crippen LogP contribution in [0.2, 0.25) is 0 Å². The smallest absolute Gasteiger partial charge is 0.365 e. The van der Waals surface area contributed by atoms with Crippen molar-refractivity contribution < 1.29 is 31.2 Å². The normalized spacial score (nSPS) is 20.9. The third-order valence-electron chi connectivity index (χ3n) is 5.37. The number of nitrogens with zero attached hydrogens (tertiary/aromatic N) is 2. The van der Waals surface area contributed by atoms with Gasteiger partial charge < -0.3 is 10.2 Å². The van der Waals surface area contributed by atoms with Crippen LogP contribution in [-0.2, 0) is 19.6 Å². The molecule has 1 N–H and O–H groups in total. The van der Waals surface area contributed by atoms with E-state index in [-0.39, 0.29) is 4.90 Å². The van der Waals surface area contributed by atoms with Crippen molar-refractivity contribution in [3.8, 4) is 0 Å². The van der Waals surface area contributed by atoms with Crippen LogP contribution in [0.4, 0.5) is 18.9 Å². The maximum absolute atomic E-state index is 12.7. The number of carbonyl (C=O) groups is 2.